The summed E-state index contributed by atoms with van der Waals surface area (Å²) in [5, 5.41) is 0. The summed E-state index contributed by atoms with van der Waals surface area (Å²) in [7, 11) is 0. The summed E-state index contributed by atoms with van der Waals surface area (Å²) >= 11 is 4.06. The van der Waals surface area contributed by atoms with E-state index in [1.807, 2.05) is 11.8 Å². The highest BCUT2D eigenvalue weighted by molar-refractivity contribution is 14.1. The molecule has 0 unspecified atom stereocenters. The predicted molar refractivity (Wildman–Crippen MR) is 117 cm³/mol. The molecule has 26 heavy (non-hydrogen) atoms. The maximum absolute atomic E-state index is 2.35. The Labute approximate surface area is 185 Å². The van der Waals surface area contributed by atoms with Gasteiger partial charge in [-0.15, -0.1) is 0 Å². The third-order valence-electron chi connectivity index (χ3n) is 4.10. The van der Waals surface area contributed by atoms with Gasteiger partial charge in [0.25, 0.3) is 0 Å². The van der Waals surface area contributed by atoms with Gasteiger partial charge < -0.3 is 0 Å². The molecule has 0 nitrogen and oxygen atoms in total. The molecular formula is C23H23I2S+. The van der Waals surface area contributed by atoms with Gasteiger partial charge in [-0.3, -0.25) is 0 Å². The molecule has 0 fully saturated rings. The molecule has 0 saturated carbocycles. The zero-order valence-corrected chi connectivity index (χ0v) is 20.6. The molecule has 0 bridgehead atoms. The second-order valence-corrected chi connectivity index (χ2v) is 12.7. The summed E-state index contributed by atoms with van der Waals surface area (Å²) in [6, 6.07) is 24.9. The van der Waals surface area contributed by atoms with E-state index >= 15 is 0 Å². The normalized spacial score (nSPS) is 11.6. The van der Waals surface area contributed by atoms with Gasteiger partial charge in [-0.25, -0.2) is 0 Å². The Kier molecular flexibility index (Phi) is 6.73. The maximum Gasteiger partial charge on any atom is 0.358 e. The first-order valence-electron chi connectivity index (χ1n) is 8.61. The highest BCUT2D eigenvalue weighted by Crippen LogP contribution is 2.28. The SMILES string of the molecule is Cc1cc(Sc2ccc(I)cc2)ccc1[I+]c1ccc(C(C)(C)C)cc1. The fraction of sp³-hybridized carbons (Fsp3) is 0.217. The van der Waals surface area contributed by atoms with Gasteiger partial charge in [0.15, 0.2) is 7.14 Å². The highest BCUT2D eigenvalue weighted by atomic mass is 127. The Balaban J connectivity index is 1.72. The van der Waals surface area contributed by atoms with Crippen LogP contribution in [0.4, 0.5) is 0 Å². The molecule has 0 aromatic heterocycles. The number of halogens is 2. The molecule has 0 N–H and O–H groups in total. The lowest BCUT2D eigenvalue weighted by Crippen LogP contribution is -3.61. The summed E-state index contributed by atoms with van der Waals surface area (Å²) < 4.78 is 4.28. The van der Waals surface area contributed by atoms with Crippen LogP contribution in [-0.4, -0.2) is 0 Å². The molecule has 0 spiro atoms. The average molecular weight is 585 g/mol. The molecule has 3 aromatic rings. The zero-order chi connectivity index (χ0) is 18.7. The monoisotopic (exact) mass is 585 g/mol. The van der Waals surface area contributed by atoms with E-state index in [-0.39, 0.29) is 26.6 Å². The van der Waals surface area contributed by atoms with E-state index in [0.29, 0.717) is 0 Å². The molecule has 0 saturated heterocycles. The Bertz CT molecular complexity index is 876. The molecular weight excluding hydrogens is 562 g/mol. The van der Waals surface area contributed by atoms with Crippen molar-refractivity contribution in [3.63, 3.8) is 0 Å². The highest BCUT2D eigenvalue weighted by Gasteiger charge is 2.20. The van der Waals surface area contributed by atoms with Gasteiger partial charge in [-0.2, -0.15) is 0 Å². The van der Waals surface area contributed by atoms with Crippen molar-refractivity contribution in [3.05, 3.63) is 88.6 Å². The summed E-state index contributed by atoms with van der Waals surface area (Å²) in [4.78, 5) is 2.62. The first-order chi connectivity index (χ1) is 12.3. The number of rotatable bonds is 4. The van der Waals surface area contributed by atoms with Gasteiger partial charge in [0, 0.05) is 18.9 Å². The van der Waals surface area contributed by atoms with Gasteiger partial charge in [-0.05, 0) is 95.1 Å². The number of hydrogen-bond acceptors (Lipinski definition) is 1. The van der Waals surface area contributed by atoms with E-state index in [1.165, 1.54) is 31.6 Å². The number of hydrogen-bond donors (Lipinski definition) is 0. The minimum atomic E-state index is -0.130. The number of benzene rings is 3. The lowest BCUT2D eigenvalue weighted by Gasteiger charge is -2.18. The van der Waals surface area contributed by atoms with Crippen molar-refractivity contribution in [3.8, 4) is 0 Å². The van der Waals surface area contributed by atoms with Crippen LogP contribution in [0.1, 0.15) is 31.9 Å². The van der Waals surface area contributed by atoms with E-state index in [1.54, 1.807) is 0 Å². The summed E-state index contributed by atoms with van der Waals surface area (Å²) in [6.45, 7) is 9.05. The summed E-state index contributed by atoms with van der Waals surface area (Å²) in [6.07, 6.45) is 0. The molecule has 0 heterocycles. The van der Waals surface area contributed by atoms with Crippen molar-refractivity contribution in [1.82, 2.24) is 0 Å². The Morgan fingerprint density at radius 2 is 1.42 bits per heavy atom. The van der Waals surface area contributed by atoms with Crippen LogP contribution in [0.25, 0.3) is 0 Å². The predicted octanol–water partition coefficient (Wildman–Crippen LogP) is 4.18. The van der Waals surface area contributed by atoms with Crippen molar-refractivity contribution < 1.29 is 21.2 Å². The molecule has 134 valence electrons. The minimum Gasteiger partial charge on any atom is -0.0901 e. The summed E-state index contributed by atoms with van der Waals surface area (Å²) in [5.74, 6) is 0. The molecule has 0 radical (unpaired) electrons. The molecule has 3 heteroatoms. The Morgan fingerprint density at radius 1 is 0.808 bits per heavy atom. The third-order valence-corrected chi connectivity index (χ3v) is 8.95. The molecule has 0 atom stereocenters. The van der Waals surface area contributed by atoms with Crippen LogP contribution in [0.3, 0.4) is 0 Å². The third kappa shape index (κ3) is 5.49. The molecule has 0 aliphatic heterocycles. The molecule has 0 aliphatic carbocycles. The fourth-order valence-corrected chi connectivity index (χ4v) is 6.16. The maximum atomic E-state index is 2.35. The topological polar surface area (TPSA) is 0 Å². The van der Waals surface area contributed by atoms with Gasteiger partial charge >= 0.3 is 21.2 Å². The largest absolute Gasteiger partial charge is 0.358 e. The minimum absolute atomic E-state index is 0.130. The average Bonchev–Trinajstić information content (AvgIpc) is 2.59. The lowest BCUT2D eigenvalue weighted by atomic mass is 9.87. The smallest absolute Gasteiger partial charge is 0.0901 e. The van der Waals surface area contributed by atoms with E-state index in [9.17, 15) is 0 Å². The van der Waals surface area contributed by atoms with E-state index in [4.69, 9.17) is 0 Å². The molecule has 3 aromatic carbocycles. The van der Waals surface area contributed by atoms with Crippen molar-refractivity contribution in [1.29, 1.82) is 0 Å². The van der Waals surface area contributed by atoms with Crippen LogP contribution < -0.4 is 21.2 Å². The molecule has 3 rings (SSSR count). The molecule has 0 aliphatic rings. The second kappa shape index (κ2) is 8.65. The van der Waals surface area contributed by atoms with E-state index in [2.05, 4.69) is 117 Å². The number of aryl methyl sites for hydroxylation is 1. The van der Waals surface area contributed by atoms with Crippen LogP contribution in [0.5, 0.6) is 0 Å². The zero-order valence-electron chi connectivity index (χ0n) is 15.5. The van der Waals surface area contributed by atoms with Gasteiger partial charge in [-0.1, -0.05) is 44.7 Å². The first kappa shape index (κ1) is 20.2. The van der Waals surface area contributed by atoms with Crippen LogP contribution in [0.2, 0.25) is 0 Å². The van der Waals surface area contributed by atoms with E-state index < -0.39 is 0 Å². The Hall–Kier alpha value is -0.530. The van der Waals surface area contributed by atoms with Crippen molar-refractivity contribution >= 4 is 34.4 Å². The van der Waals surface area contributed by atoms with E-state index in [0.717, 1.165) is 0 Å². The fourth-order valence-electron chi connectivity index (χ4n) is 2.56. The van der Waals surface area contributed by atoms with Crippen LogP contribution in [-0.2, 0) is 5.41 Å². The Morgan fingerprint density at radius 3 is 2.00 bits per heavy atom. The van der Waals surface area contributed by atoms with Gasteiger partial charge in [0.2, 0.25) is 0 Å². The lowest BCUT2D eigenvalue weighted by molar-refractivity contribution is -0.598. The van der Waals surface area contributed by atoms with Gasteiger partial charge in [0.05, 0.1) is 0 Å². The first-order valence-corrected chi connectivity index (χ1v) is 12.7. The second-order valence-electron chi connectivity index (χ2n) is 7.32. The standard InChI is InChI=1S/C23H23I2S/c1-16-15-21(26-20-11-7-18(24)8-12-20)13-14-22(16)25-19-9-5-17(6-10-19)23(2,3)4/h5-15H,1-4H3/q+1. The van der Waals surface area contributed by atoms with Gasteiger partial charge in [0.1, 0.15) is 0 Å². The van der Waals surface area contributed by atoms with Crippen LogP contribution >= 0.6 is 34.4 Å². The van der Waals surface area contributed by atoms with Crippen LogP contribution in [0, 0.1) is 17.6 Å². The van der Waals surface area contributed by atoms with Crippen LogP contribution in [0.15, 0.2) is 76.5 Å². The van der Waals surface area contributed by atoms with Crippen molar-refractivity contribution in [2.24, 2.45) is 0 Å². The van der Waals surface area contributed by atoms with Crippen molar-refractivity contribution in [2.45, 2.75) is 42.9 Å². The van der Waals surface area contributed by atoms with Crippen molar-refractivity contribution in [2.75, 3.05) is 0 Å². The quantitative estimate of drug-likeness (QED) is 0.415. The molecule has 0 amide bonds. The summed E-state index contributed by atoms with van der Waals surface area (Å²) in [5.41, 5.74) is 3.04.